The van der Waals surface area contributed by atoms with Gasteiger partial charge in [0.1, 0.15) is 12.5 Å². The third-order valence-corrected chi connectivity index (χ3v) is 4.66. The SMILES string of the molecule is C=C(c1cc(F)c2ncc(C(F)CF)n2c1)c1cnc(C2CC2)nc1C. The molecule has 1 fully saturated rings. The standard InChI is InChI=1S/C19H17F3N4/c1-10(14-7-23-18(12-3-4-12)25-11(14)2)13-5-15(21)19-24-8-17(16(22)6-20)26(19)9-13/h5,7-9,12,16H,1,3-4,6H2,2H3. The van der Waals surface area contributed by atoms with Crippen molar-refractivity contribution in [2.24, 2.45) is 0 Å². The molecule has 4 rings (SSSR count). The molecule has 0 bridgehead atoms. The molecule has 1 unspecified atom stereocenters. The van der Waals surface area contributed by atoms with Crippen LogP contribution in [0.15, 0.2) is 31.2 Å². The molecule has 0 spiro atoms. The van der Waals surface area contributed by atoms with Gasteiger partial charge in [0, 0.05) is 35.1 Å². The Bertz CT molecular complexity index is 1010. The summed E-state index contributed by atoms with van der Waals surface area (Å²) in [7, 11) is 0. The van der Waals surface area contributed by atoms with Crippen LogP contribution in [-0.2, 0) is 0 Å². The second-order valence-electron chi connectivity index (χ2n) is 6.56. The van der Waals surface area contributed by atoms with Crippen molar-refractivity contribution in [3.63, 3.8) is 0 Å². The number of alkyl halides is 2. The van der Waals surface area contributed by atoms with E-state index in [1.807, 2.05) is 6.92 Å². The average molecular weight is 358 g/mol. The summed E-state index contributed by atoms with van der Waals surface area (Å²) < 4.78 is 42.2. The van der Waals surface area contributed by atoms with E-state index in [1.165, 1.54) is 16.7 Å². The normalized spacial score (nSPS) is 15.4. The fourth-order valence-electron chi connectivity index (χ4n) is 3.01. The molecule has 1 atom stereocenters. The smallest absolute Gasteiger partial charge is 0.173 e. The van der Waals surface area contributed by atoms with Crippen molar-refractivity contribution in [3.05, 3.63) is 65.4 Å². The number of halogens is 3. The van der Waals surface area contributed by atoms with Gasteiger partial charge in [0.2, 0.25) is 0 Å². The van der Waals surface area contributed by atoms with Gasteiger partial charge in [0.05, 0.1) is 11.9 Å². The summed E-state index contributed by atoms with van der Waals surface area (Å²) in [5.41, 5.74) is 2.31. The summed E-state index contributed by atoms with van der Waals surface area (Å²) in [6.45, 7) is 4.68. The van der Waals surface area contributed by atoms with E-state index < -0.39 is 18.7 Å². The van der Waals surface area contributed by atoms with Crippen LogP contribution in [0.1, 0.15) is 53.3 Å². The molecule has 134 valence electrons. The molecule has 7 heteroatoms. The van der Waals surface area contributed by atoms with Crippen LogP contribution in [0, 0.1) is 12.7 Å². The van der Waals surface area contributed by atoms with E-state index in [9.17, 15) is 13.2 Å². The molecule has 4 nitrogen and oxygen atoms in total. The van der Waals surface area contributed by atoms with Crippen molar-refractivity contribution >= 4 is 11.2 Å². The fraction of sp³-hybridized carbons (Fsp3) is 0.316. The number of imidazole rings is 1. The van der Waals surface area contributed by atoms with Crippen molar-refractivity contribution in [3.8, 4) is 0 Å². The van der Waals surface area contributed by atoms with Crippen LogP contribution in [0.25, 0.3) is 11.2 Å². The van der Waals surface area contributed by atoms with Crippen molar-refractivity contribution in [2.45, 2.75) is 31.9 Å². The van der Waals surface area contributed by atoms with E-state index in [4.69, 9.17) is 0 Å². The summed E-state index contributed by atoms with van der Waals surface area (Å²) in [6.07, 6.45) is 4.69. The molecular formula is C19H17F3N4. The van der Waals surface area contributed by atoms with Gasteiger partial charge in [-0.05, 0) is 31.4 Å². The molecule has 1 aliphatic rings. The summed E-state index contributed by atoms with van der Waals surface area (Å²) in [4.78, 5) is 12.8. The van der Waals surface area contributed by atoms with Crippen LogP contribution >= 0.6 is 0 Å². The molecular weight excluding hydrogens is 341 g/mol. The molecule has 1 aliphatic carbocycles. The minimum Gasteiger partial charge on any atom is -0.298 e. The van der Waals surface area contributed by atoms with Gasteiger partial charge in [-0.25, -0.2) is 28.1 Å². The number of hydrogen-bond donors (Lipinski definition) is 0. The van der Waals surface area contributed by atoms with Crippen molar-refractivity contribution in [1.82, 2.24) is 19.4 Å². The molecule has 26 heavy (non-hydrogen) atoms. The fourth-order valence-corrected chi connectivity index (χ4v) is 3.01. The van der Waals surface area contributed by atoms with Gasteiger partial charge in [-0.15, -0.1) is 0 Å². The van der Waals surface area contributed by atoms with Crippen molar-refractivity contribution in [2.75, 3.05) is 6.67 Å². The molecule has 1 saturated carbocycles. The molecule has 0 aromatic carbocycles. The van der Waals surface area contributed by atoms with Crippen LogP contribution in [0.5, 0.6) is 0 Å². The average Bonchev–Trinajstić information content (AvgIpc) is 3.39. The summed E-state index contributed by atoms with van der Waals surface area (Å²) in [5, 5.41) is 0. The lowest BCUT2D eigenvalue weighted by Gasteiger charge is -2.12. The Morgan fingerprint density at radius 3 is 2.77 bits per heavy atom. The number of pyridine rings is 1. The first-order valence-corrected chi connectivity index (χ1v) is 8.39. The zero-order valence-electron chi connectivity index (χ0n) is 14.2. The minimum absolute atomic E-state index is 0.0342. The largest absolute Gasteiger partial charge is 0.298 e. The van der Waals surface area contributed by atoms with Crippen LogP contribution in [0.2, 0.25) is 0 Å². The van der Waals surface area contributed by atoms with E-state index in [-0.39, 0.29) is 11.3 Å². The Balaban J connectivity index is 1.77. The first kappa shape index (κ1) is 16.8. The van der Waals surface area contributed by atoms with Gasteiger partial charge in [0.25, 0.3) is 0 Å². The maximum absolute atomic E-state index is 14.4. The van der Waals surface area contributed by atoms with E-state index in [2.05, 4.69) is 21.5 Å². The molecule has 0 amide bonds. The van der Waals surface area contributed by atoms with E-state index >= 15 is 0 Å². The molecule has 3 aromatic heterocycles. The van der Waals surface area contributed by atoms with Crippen LogP contribution < -0.4 is 0 Å². The van der Waals surface area contributed by atoms with E-state index in [0.29, 0.717) is 22.6 Å². The number of fused-ring (bicyclic) bond motifs is 1. The topological polar surface area (TPSA) is 43.1 Å². The number of nitrogens with zero attached hydrogens (tertiary/aromatic N) is 4. The quantitative estimate of drug-likeness (QED) is 0.675. The monoisotopic (exact) mass is 358 g/mol. The minimum atomic E-state index is -1.86. The number of aromatic nitrogens is 4. The zero-order valence-corrected chi connectivity index (χ0v) is 14.2. The highest BCUT2D eigenvalue weighted by Gasteiger charge is 2.27. The van der Waals surface area contributed by atoms with Gasteiger partial charge in [-0.3, -0.25) is 4.40 Å². The summed E-state index contributed by atoms with van der Waals surface area (Å²) in [6, 6.07) is 1.28. The Hall–Kier alpha value is -2.70. The molecule has 3 aromatic rings. The lowest BCUT2D eigenvalue weighted by molar-refractivity contribution is 0.259. The maximum Gasteiger partial charge on any atom is 0.173 e. The van der Waals surface area contributed by atoms with Gasteiger partial charge in [-0.2, -0.15) is 0 Å². The third kappa shape index (κ3) is 2.77. The molecule has 0 saturated heterocycles. The maximum atomic E-state index is 14.4. The predicted octanol–water partition coefficient (Wildman–Crippen LogP) is 4.49. The lowest BCUT2D eigenvalue weighted by atomic mass is 10.0. The second kappa shape index (κ2) is 6.23. The van der Waals surface area contributed by atoms with Gasteiger partial charge in [-0.1, -0.05) is 6.58 Å². The Labute approximate surface area is 148 Å². The Morgan fingerprint density at radius 1 is 1.35 bits per heavy atom. The predicted molar refractivity (Wildman–Crippen MR) is 91.9 cm³/mol. The number of hydrogen-bond acceptors (Lipinski definition) is 3. The third-order valence-electron chi connectivity index (χ3n) is 4.66. The highest BCUT2D eigenvalue weighted by molar-refractivity contribution is 5.79. The first-order valence-electron chi connectivity index (χ1n) is 8.39. The zero-order chi connectivity index (χ0) is 18.4. The molecule has 0 N–H and O–H groups in total. The highest BCUT2D eigenvalue weighted by atomic mass is 19.2. The van der Waals surface area contributed by atoms with Crippen LogP contribution in [-0.4, -0.2) is 26.0 Å². The van der Waals surface area contributed by atoms with Crippen molar-refractivity contribution in [1.29, 1.82) is 0 Å². The Morgan fingerprint density at radius 2 is 2.12 bits per heavy atom. The molecule has 0 radical (unpaired) electrons. The second-order valence-corrected chi connectivity index (χ2v) is 6.56. The summed E-state index contributed by atoms with van der Waals surface area (Å²) in [5.74, 6) is 0.621. The Kier molecular flexibility index (Phi) is 4.01. The van der Waals surface area contributed by atoms with Crippen LogP contribution in [0.4, 0.5) is 13.2 Å². The van der Waals surface area contributed by atoms with E-state index in [0.717, 1.165) is 30.6 Å². The van der Waals surface area contributed by atoms with E-state index in [1.54, 1.807) is 6.20 Å². The lowest BCUT2D eigenvalue weighted by Crippen LogP contribution is -2.04. The molecule has 0 aliphatic heterocycles. The summed E-state index contributed by atoms with van der Waals surface area (Å²) >= 11 is 0. The number of aryl methyl sites for hydroxylation is 1. The highest BCUT2D eigenvalue weighted by Crippen LogP contribution is 2.38. The molecule has 3 heterocycles. The van der Waals surface area contributed by atoms with Crippen molar-refractivity contribution < 1.29 is 13.2 Å². The number of rotatable bonds is 5. The van der Waals surface area contributed by atoms with Gasteiger partial charge in [0.15, 0.2) is 17.6 Å². The first-order chi connectivity index (χ1) is 12.5. The van der Waals surface area contributed by atoms with Crippen LogP contribution in [0.3, 0.4) is 0 Å². The van der Waals surface area contributed by atoms with Gasteiger partial charge >= 0.3 is 0 Å². The van der Waals surface area contributed by atoms with Gasteiger partial charge < -0.3 is 0 Å².